The van der Waals surface area contributed by atoms with Crippen LogP contribution in [-0.2, 0) is 0 Å². The number of rotatable bonds is 1. The average Bonchev–Trinajstić information content (AvgIpc) is 2.46. The first-order valence-electron chi connectivity index (χ1n) is 5.61. The molecule has 2 heterocycles. The zero-order valence-electron chi connectivity index (χ0n) is 9.76. The molecule has 0 spiro atoms. The van der Waals surface area contributed by atoms with Crippen LogP contribution in [0.3, 0.4) is 0 Å². The summed E-state index contributed by atoms with van der Waals surface area (Å²) in [7, 11) is 0. The SMILES string of the molecule is N#Cc1cc(-c2ccc3c(c2)OCCO3)nc(Cl)n1. The summed E-state index contributed by atoms with van der Waals surface area (Å²) in [5, 5.41) is 8.93. The topological polar surface area (TPSA) is 68.0 Å². The molecule has 1 aliphatic rings. The molecule has 0 unspecified atom stereocenters. The minimum absolute atomic E-state index is 0.0453. The smallest absolute Gasteiger partial charge is 0.224 e. The number of fused-ring (bicyclic) bond motifs is 1. The Bertz CT molecular complexity index is 682. The van der Waals surface area contributed by atoms with Gasteiger partial charge >= 0.3 is 0 Å². The Kier molecular flexibility index (Phi) is 2.94. The summed E-state index contributed by atoms with van der Waals surface area (Å²) in [5.41, 5.74) is 1.60. The fourth-order valence-corrected chi connectivity index (χ4v) is 2.01. The highest BCUT2D eigenvalue weighted by Gasteiger charge is 2.13. The Balaban J connectivity index is 2.07. The standard InChI is InChI=1S/C13H8ClN3O2/c14-13-16-9(7-15)6-10(17-13)8-1-2-11-12(5-8)19-4-3-18-11/h1-2,5-6H,3-4H2. The lowest BCUT2D eigenvalue weighted by atomic mass is 10.1. The van der Waals surface area contributed by atoms with Gasteiger partial charge in [0, 0.05) is 11.6 Å². The molecule has 1 aliphatic heterocycles. The highest BCUT2D eigenvalue weighted by molar-refractivity contribution is 6.28. The molecule has 5 nitrogen and oxygen atoms in total. The van der Waals surface area contributed by atoms with E-state index in [1.807, 2.05) is 24.3 Å². The Morgan fingerprint density at radius 1 is 1.11 bits per heavy atom. The zero-order chi connectivity index (χ0) is 13.2. The van der Waals surface area contributed by atoms with Gasteiger partial charge in [0.1, 0.15) is 25.0 Å². The van der Waals surface area contributed by atoms with Gasteiger partial charge < -0.3 is 9.47 Å². The molecular formula is C13H8ClN3O2. The van der Waals surface area contributed by atoms with Crippen molar-refractivity contribution in [1.82, 2.24) is 9.97 Å². The quantitative estimate of drug-likeness (QED) is 0.747. The van der Waals surface area contributed by atoms with Crippen LogP contribution in [0, 0.1) is 11.3 Å². The van der Waals surface area contributed by atoms with Gasteiger partial charge in [-0.15, -0.1) is 0 Å². The first-order chi connectivity index (χ1) is 9.26. The van der Waals surface area contributed by atoms with E-state index >= 15 is 0 Å². The monoisotopic (exact) mass is 273 g/mol. The number of hydrogen-bond acceptors (Lipinski definition) is 5. The minimum atomic E-state index is 0.0453. The summed E-state index contributed by atoms with van der Waals surface area (Å²) in [4.78, 5) is 7.91. The van der Waals surface area contributed by atoms with E-state index in [2.05, 4.69) is 9.97 Å². The maximum atomic E-state index is 8.88. The molecule has 1 aromatic carbocycles. The van der Waals surface area contributed by atoms with Crippen LogP contribution in [-0.4, -0.2) is 23.2 Å². The van der Waals surface area contributed by atoms with Gasteiger partial charge in [0.05, 0.1) is 5.69 Å². The first-order valence-corrected chi connectivity index (χ1v) is 5.99. The van der Waals surface area contributed by atoms with E-state index in [0.717, 1.165) is 5.56 Å². The van der Waals surface area contributed by atoms with Crippen molar-refractivity contribution in [2.24, 2.45) is 0 Å². The molecule has 0 atom stereocenters. The Hall–Kier alpha value is -2.32. The number of ether oxygens (including phenoxy) is 2. The molecule has 0 N–H and O–H groups in total. The molecule has 3 rings (SSSR count). The van der Waals surface area contributed by atoms with Crippen molar-refractivity contribution in [3.05, 3.63) is 35.2 Å². The number of hydrogen-bond donors (Lipinski definition) is 0. The summed E-state index contributed by atoms with van der Waals surface area (Å²) in [6.07, 6.45) is 0. The van der Waals surface area contributed by atoms with Crippen LogP contribution in [0.15, 0.2) is 24.3 Å². The van der Waals surface area contributed by atoms with Crippen LogP contribution >= 0.6 is 11.6 Å². The van der Waals surface area contributed by atoms with Gasteiger partial charge in [-0.1, -0.05) is 0 Å². The van der Waals surface area contributed by atoms with Gasteiger partial charge in [-0.2, -0.15) is 5.26 Å². The van der Waals surface area contributed by atoms with Gasteiger partial charge in [-0.05, 0) is 29.8 Å². The van der Waals surface area contributed by atoms with Gasteiger partial charge in [-0.25, -0.2) is 9.97 Å². The second-order valence-corrected chi connectivity index (χ2v) is 4.22. The fraction of sp³-hybridized carbons (Fsp3) is 0.154. The molecule has 2 aromatic rings. The predicted octanol–water partition coefficient (Wildman–Crippen LogP) is 2.44. The second-order valence-electron chi connectivity index (χ2n) is 3.88. The lowest BCUT2D eigenvalue weighted by Crippen LogP contribution is -2.15. The number of nitriles is 1. The molecule has 1 aromatic heterocycles. The Labute approximate surface area is 114 Å². The zero-order valence-corrected chi connectivity index (χ0v) is 10.5. The number of nitrogens with zero attached hydrogens (tertiary/aromatic N) is 3. The fourth-order valence-electron chi connectivity index (χ4n) is 1.83. The van der Waals surface area contributed by atoms with Crippen LogP contribution in [0.25, 0.3) is 11.3 Å². The van der Waals surface area contributed by atoms with Gasteiger partial charge in [0.25, 0.3) is 0 Å². The molecule has 19 heavy (non-hydrogen) atoms. The Morgan fingerprint density at radius 3 is 2.68 bits per heavy atom. The molecule has 6 heteroatoms. The highest BCUT2D eigenvalue weighted by Crippen LogP contribution is 2.34. The molecule has 0 amide bonds. The maximum Gasteiger partial charge on any atom is 0.224 e. The summed E-state index contributed by atoms with van der Waals surface area (Å²) < 4.78 is 11.0. The number of halogens is 1. The molecule has 0 saturated carbocycles. The van der Waals surface area contributed by atoms with Crippen molar-refractivity contribution in [2.45, 2.75) is 0 Å². The largest absolute Gasteiger partial charge is 0.486 e. The number of aromatic nitrogens is 2. The summed E-state index contributed by atoms with van der Waals surface area (Å²) in [6, 6.07) is 9.00. The van der Waals surface area contributed by atoms with E-state index in [-0.39, 0.29) is 11.0 Å². The van der Waals surface area contributed by atoms with E-state index in [1.165, 1.54) is 0 Å². The molecular weight excluding hydrogens is 266 g/mol. The summed E-state index contributed by atoms with van der Waals surface area (Å²) in [5.74, 6) is 1.37. The van der Waals surface area contributed by atoms with Crippen LogP contribution in [0.5, 0.6) is 11.5 Å². The van der Waals surface area contributed by atoms with Crippen LogP contribution in [0.4, 0.5) is 0 Å². The number of benzene rings is 1. The van der Waals surface area contributed by atoms with Gasteiger partial charge in [0.15, 0.2) is 11.5 Å². The summed E-state index contributed by atoms with van der Waals surface area (Å²) >= 11 is 5.79. The molecule has 0 saturated heterocycles. The maximum absolute atomic E-state index is 8.88. The third-order valence-corrected chi connectivity index (χ3v) is 2.82. The van der Waals surface area contributed by atoms with Crippen LogP contribution < -0.4 is 9.47 Å². The van der Waals surface area contributed by atoms with Crippen molar-refractivity contribution in [1.29, 1.82) is 5.26 Å². The third-order valence-electron chi connectivity index (χ3n) is 2.65. The molecule has 0 radical (unpaired) electrons. The average molecular weight is 274 g/mol. The van der Waals surface area contributed by atoms with E-state index in [9.17, 15) is 0 Å². The van der Waals surface area contributed by atoms with E-state index < -0.39 is 0 Å². The first kappa shape index (κ1) is 11.8. The van der Waals surface area contributed by atoms with Crippen molar-refractivity contribution in [3.63, 3.8) is 0 Å². The van der Waals surface area contributed by atoms with E-state index in [4.69, 9.17) is 26.3 Å². The predicted molar refractivity (Wildman–Crippen MR) is 68.2 cm³/mol. The second kappa shape index (κ2) is 4.75. The van der Waals surface area contributed by atoms with Crippen molar-refractivity contribution in [3.8, 4) is 28.8 Å². The lowest BCUT2D eigenvalue weighted by molar-refractivity contribution is 0.171. The molecule has 0 aliphatic carbocycles. The third kappa shape index (κ3) is 2.30. The van der Waals surface area contributed by atoms with E-state index in [0.29, 0.717) is 30.4 Å². The Morgan fingerprint density at radius 2 is 1.89 bits per heavy atom. The van der Waals surface area contributed by atoms with Crippen LogP contribution in [0.1, 0.15) is 5.69 Å². The van der Waals surface area contributed by atoms with Crippen molar-refractivity contribution in [2.75, 3.05) is 13.2 Å². The lowest BCUT2D eigenvalue weighted by Gasteiger charge is -2.18. The summed E-state index contributed by atoms with van der Waals surface area (Å²) in [6.45, 7) is 1.06. The molecule has 94 valence electrons. The normalized spacial score (nSPS) is 12.8. The van der Waals surface area contributed by atoms with Crippen molar-refractivity contribution < 1.29 is 9.47 Å². The van der Waals surface area contributed by atoms with Gasteiger partial charge in [-0.3, -0.25) is 0 Å². The van der Waals surface area contributed by atoms with Crippen molar-refractivity contribution >= 4 is 11.6 Å². The highest BCUT2D eigenvalue weighted by atomic mass is 35.5. The van der Waals surface area contributed by atoms with Gasteiger partial charge in [0.2, 0.25) is 5.28 Å². The minimum Gasteiger partial charge on any atom is -0.486 e. The molecule has 0 fully saturated rings. The molecule has 0 bridgehead atoms. The van der Waals surface area contributed by atoms with E-state index in [1.54, 1.807) is 6.07 Å². The van der Waals surface area contributed by atoms with Crippen LogP contribution in [0.2, 0.25) is 5.28 Å².